The fraction of sp³-hybridized carbons (Fsp3) is 0. The highest BCUT2D eigenvalue weighted by atomic mass is 32.1. The molecule has 0 saturated carbocycles. The molecule has 2 rings (SSSR count). The molecule has 1 heterocycles. The van der Waals surface area contributed by atoms with Gasteiger partial charge in [-0.05, 0) is 23.7 Å². The van der Waals surface area contributed by atoms with Crippen LogP contribution >= 0.6 is 11.5 Å². The summed E-state index contributed by atoms with van der Waals surface area (Å²) >= 11 is 1.09. The average Bonchev–Trinajstić information content (AvgIpc) is 2.66. The van der Waals surface area contributed by atoms with Crippen molar-refractivity contribution in [2.24, 2.45) is 0 Å². The lowest BCUT2D eigenvalue weighted by molar-refractivity contribution is 0.111. The largest absolute Gasteiger partial charge is 0.507 e. The summed E-state index contributed by atoms with van der Waals surface area (Å²) in [7, 11) is 0. The van der Waals surface area contributed by atoms with Gasteiger partial charge in [-0.2, -0.15) is 0 Å². The molecule has 14 heavy (non-hydrogen) atoms. The Labute approximate surface area is 84.0 Å². The molecule has 0 radical (unpaired) electrons. The van der Waals surface area contributed by atoms with Gasteiger partial charge in [0.15, 0.2) is 6.29 Å². The molecule has 0 atom stereocenters. The fourth-order valence-electron chi connectivity index (χ4n) is 1.13. The number of rotatable bonds is 2. The number of carbonyl (C=O) groups is 1. The number of aldehydes is 1. The molecule has 0 spiro atoms. The number of phenols is 1. The molecule has 0 bridgehead atoms. The second-order valence-electron chi connectivity index (χ2n) is 2.62. The lowest BCUT2D eigenvalue weighted by Crippen LogP contribution is -1.84. The topological polar surface area (TPSA) is 63.1 Å². The second kappa shape index (κ2) is 3.55. The molecular formula is C9H6N2O2S. The van der Waals surface area contributed by atoms with Crippen LogP contribution in [-0.4, -0.2) is 21.0 Å². The molecule has 1 N–H and O–H groups in total. The first-order chi connectivity index (χ1) is 6.83. The zero-order chi connectivity index (χ0) is 9.97. The predicted octanol–water partition coefficient (Wildman–Crippen LogP) is 1.72. The van der Waals surface area contributed by atoms with Gasteiger partial charge in [0.25, 0.3) is 0 Å². The van der Waals surface area contributed by atoms with Crippen LogP contribution in [0.5, 0.6) is 5.75 Å². The Morgan fingerprint density at radius 1 is 1.36 bits per heavy atom. The third-order valence-electron chi connectivity index (χ3n) is 1.77. The maximum Gasteiger partial charge on any atom is 0.171 e. The maximum atomic E-state index is 10.6. The highest BCUT2D eigenvalue weighted by Gasteiger charge is 2.12. The molecule has 0 aliphatic carbocycles. The van der Waals surface area contributed by atoms with Gasteiger partial charge in [0.05, 0.1) is 4.88 Å². The van der Waals surface area contributed by atoms with Gasteiger partial charge in [0.1, 0.15) is 11.4 Å². The molecule has 0 unspecified atom stereocenters. The lowest BCUT2D eigenvalue weighted by atomic mass is 10.1. The number of para-hydroxylation sites is 1. The molecule has 0 amide bonds. The minimum Gasteiger partial charge on any atom is -0.507 e. The molecule has 70 valence electrons. The summed E-state index contributed by atoms with van der Waals surface area (Å²) in [6, 6.07) is 6.78. The Kier molecular flexibility index (Phi) is 2.24. The third kappa shape index (κ3) is 1.38. The number of aromatic nitrogens is 2. The van der Waals surface area contributed by atoms with Crippen LogP contribution < -0.4 is 0 Å². The molecule has 1 aromatic heterocycles. The molecule has 5 heteroatoms. The molecule has 4 nitrogen and oxygen atoms in total. The number of phenolic OH excluding ortho intramolecular Hbond substituents is 1. The van der Waals surface area contributed by atoms with E-state index >= 15 is 0 Å². The number of hydrogen-bond donors (Lipinski definition) is 1. The Bertz CT molecular complexity index is 467. The van der Waals surface area contributed by atoms with Gasteiger partial charge in [-0.25, -0.2) is 0 Å². The Morgan fingerprint density at radius 2 is 2.14 bits per heavy atom. The Morgan fingerprint density at radius 3 is 2.86 bits per heavy atom. The van der Waals surface area contributed by atoms with Gasteiger partial charge >= 0.3 is 0 Å². The van der Waals surface area contributed by atoms with Crippen molar-refractivity contribution in [3.05, 3.63) is 30.0 Å². The van der Waals surface area contributed by atoms with Crippen molar-refractivity contribution in [3.8, 4) is 16.2 Å². The highest BCUT2D eigenvalue weighted by Crippen LogP contribution is 2.32. The summed E-state index contributed by atoms with van der Waals surface area (Å²) in [5.74, 6) is 0.127. The summed E-state index contributed by atoms with van der Waals surface area (Å²) < 4.78 is 3.66. The summed E-state index contributed by atoms with van der Waals surface area (Å²) in [4.78, 5) is 11.2. The molecule has 1 aromatic carbocycles. The summed E-state index contributed by atoms with van der Waals surface area (Å²) in [5, 5.41) is 13.2. The third-order valence-corrected chi connectivity index (χ3v) is 2.55. The van der Waals surface area contributed by atoms with E-state index in [0.29, 0.717) is 16.7 Å². The first-order valence-corrected chi connectivity index (χ1v) is 4.66. The van der Waals surface area contributed by atoms with Crippen LogP contribution in [-0.2, 0) is 0 Å². The van der Waals surface area contributed by atoms with Gasteiger partial charge in [-0.15, -0.1) is 5.10 Å². The zero-order valence-electron chi connectivity index (χ0n) is 7.04. The number of nitrogens with zero attached hydrogens (tertiary/aromatic N) is 2. The minimum absolute atomic E-state index is 0.127. The van der Waals surface area contributed by atoms with Crippen LogP contribution in [0.25, 0.3) is 10.4 Å². The number of carbonyl (C=O) groups excluding carboxylic acids is 1. The van der Waals surface area contributed by atoms with E-state index in [4.69, 9.17) is 0 Å². The van der Waals surface area contributed by atoms with Crippen LogP contribution in [0.4, 0.5) is 0 Å². The molecule has 0 fully saturated rings. The minimum atomic E-state index is 0.127. The second-order valence-corrected chi connectivity index (χ2v) is 3.38. The molecule has 0 saturated heterocycles. The first kappa shape index (κ1) is 8.83. The predicted molar refractivity (Wildman–Crippen MR) is 52.4 cm³/mol. The standard InChI is InChI=1S/C9H6N2O2S/c12-5-7-9(14-11-10-7)6-3-1-2-4-8(6)13/h1-5,13H. The normalized spacial score (nSPS) is 10.0. The zero-order valence-corrected chi connectivity index (χ0v) is 7.86. The molecular weight excluding hydrogens is 200 g/mol. The van der Waals surface area contributed by atoms with Crippen molar-refractivity contribution in [1.29, 1.82) is 0 Å². The monoisotopic (exact) mass is 206 g/mol. The quantitative estimate of drug-likeness (QED) is 0.760. The van der Waals surface area contributed by atoms with E-state index in [1.54, 1.807) is 24.3 Å². The Hall–Kier alpha value is -1.75. The summed E-state index contributed by atoms with van der Waals surface area (Å²) in [6.07, 6.45) is 0.630. The van der Waals surface area contributed by atoms with E-state index in [2.05, 4.69) is 9.59 Å². The van der Waals surface area contributed by atoms with Gasteiger partial charge in [-0.3, -0.25) is 4.79 Å². The summed E-state index contributed by atoms with van der Waals surface area (Å²) in [5.41, 5.74) is 0.848. The number of aromatic hydroxyl groups is 1. The summed E-state index contributed by atoms with van der Waals surface area (Å²) in [6.45, 7) is 0. The fourth-order valence-corrected chi connectivity index (χ4v) is 1.79. The van der Waals surface area contributed by atoms with Crippen LogP contribution in [0.1, 0.15) is 10.5 Å². The van der Waals surface area contributed by atoms with Gasteiger partial charge in [-0.1, -0.05) is 16.6 Å². The SMILES string of the molecule is O=Cc1nnsc1-c1ccccc1O. The van der Waals surface area contributed by atoms with E-state index in [1.807, 2.05) is 0 Å². The van der Waals surface area contributed by atoms with Crippen LogP contribution in [0, 0.1) is 0 Å². The van der Waals surface area contributed by atoms with E-state index in [-0.39, 0.29) is 11.4 Å². The lowest BCUT2D eigenvalue weighted by Gasteiger charge is -1.99. The van der Waals surface area contributed by atoms with Gasteiger partial charge in [0.2, 0.25) is 0 Å². The van der Waals surface area contributed by atoms with Crippen molar-refractivity contribution in [1.82, 2.24) is 9.59 Å². The van der Waals surface area contributed by atoms with Crippen LogP contribution in [0.15, 0.2) is 24.3 Å². The van der Waals surface area contributed by atoms with Crippen LogP contribution in [0.3, 0.4) is 0 Å². The Balaban J connectivity index is 2.60. The molecule has 0 aliphatic heterocycles. The van der Waals surface area contributed by atoms with Crippen molar-refractivity contribution in [2.75, 3.05) is 0 Å². The van der Waals surface area contributed by atoms with Crippen molar-refractivity contribution >= 4 is 17.8 Å². The molecule has 0 aliphatic rings. The van der Waals surface area contributed by atoms with Crippen LogP contribution in [0.2, 0.25) is 0 Å². The van der Waals surface area contributed by atoms with Gasteiger partial charge in [0, 0.05) is 5.56 Å². The number of hydrogen-bond acceptors (Lipinski definition) is 5. The van der Waals surface area contributed by atoms with Gasteiger partial charge < -0.3 is 5.11 Å². The van der Waals surface area contributed by atoms with Crippen molar-refractivity contribution in [2.45, 2.75) is 0 Å². The average molecular weight is 206 g/mol. The maximum absolute atomic E-state index is 10.6. The number of benzene rings is 1. The smallest absolute Gasteiger partial charge is 0.171 e. The first-order valence-electron chi connectivity index (χ1n) is 3.89. The van der Waals surface area contributed by atoms with E-state index in [1.165, 1.54) is 0 Å². The van der Waals surface area contributed by atoms with E-state index in [0.717, 1.165) is 11.5 Å². The van der Waals surface area contributed by atoms with E-state index < -0.39 is 0 Å². The van der Waals surface area contributed by atoms with E-state index in [9.17, 15) is 9.90 Å². The highest BCUT2D eigenvalue weighted by molar-refractivity contribution is 7.09. The van der Waals surface area contributed by atoms with Crippen molar-refractivity contribution < 1.29 is 9.90 Å². The molecule has 2 aromatic rings. The van der Waals surface area contributed by atoms with Crippen molar-refractivity contribution in [3.63, 3.8) is 0 Å².